The molecule has 0 amide bonds. The van der Waals surface area contributed by atoms with Gasteiger partial charge in [-0.25, -0.2) is 13.1 Å². The van der Waals surface area contributed by atoms with Gasteiger partial charge in [-0.05, 0) is 43.7 Å². The lowest BCUT2D eigenvalue weighted by Crippen LogP contribution is -2.27. The summed E-state index contributed by atoms with van der Waals surface area (Å²) < 4.78 is 33.8. The Labute approximate surface area is 147 Å². The zero-order chi connectivity index (χ0) is 17.9. The topological polar surface area (TPSA) is 68.3 Å². The number of ether oxygens (including phenoxy) is 1. The molecule has 0 radical (unpaired) electrons. The van der Waals surface area contributed by atoms with Crippen LogP contribution in [0.4, 0.5) is 0 Å². The highest BCUT2D eigenvalue weighted by molar-refractivity contribution is 7.89. The predicted molar refractivity (Wildman–Crippen MR) is 98.1 cm³/mol. The fourth-order valence-electron chi connectivity index (χ4n) is 2.68. The average Bonchev–Trinajstić information content (AvgIpc) is 2.61. The Bertz CT molecular complexity index is 964. The Kier molecular flexibility index (Phi) is 5.01. The summed E-state index contributed by atoms with van der Waals surface area (Å²) in [5, 5.41) is 0.791. The van der Waals surface area contributed by atoms with Gasteiger partial charge in [-0.15, -0.1) is 0 Å². The fraction of sp³-hybridized carbons (Fsp3) is 0.211. The summed E-state index contributed by atoms with van der Waals surface area (Å²) in [6, 6.07) is 15.8. The van der Waals surface area contributed by atoms with Gasteiger partial charge < -0.3 is 4.74 Å². The van der Waals surface area contributed by atoms with Crippen molar-refractivity contribution in [3.05, 3.63) is 66.4 Å². The first-order valence-corrected chi connectivity index (χ1v) is 9.58. The van der Waals surface area contributed by atoms with Gasteiger partial charge in [0.1, 0.15) is 10.6 Å². The number of nitrogens with one attached hydrogen (secondary N) is 1. The van der Waals surface area contributed by atoms with E-state index < -0.39 is 10.0 Å². The zero-order valence-corrected chi connectivity index (χ0v) is 15.0. The molecule has 0 aliphatic rings. The molecule has 5 nitrogen and oxygen atoms in total. The molecule has 3 rings (SSSR count). The van der Waals surface area contributed by atoms with Gasteiger partial charge in [-0.1, -0.05) is 30.3 Å². The highest BCUT2D eigenvalue weighted by atomic mass is 32.2. The van der Waals surface area contributed by atoms with E-state index in [2.05, 4.69) is 9.71 Å². The number of fused-ring (bicyclic) bond motifs is 1. The van der Waals surface area contributed by atoms with Crippen molar-refractivity contribution in [1.82, 2.24) is 9.71 Å². The Morgan fingerprint density at radius 1 is 1.08 bits per heavy atom. The Morgan fingerprint density at radius 2 is 1.80 bits per heavy atom. The predicted octanol–water partition coefficient (Wildman–Crippen LogP) is 3.67. The first-order chi connectivity index (χ1) is 12.0. The first kappa shape index (κ1) is 17.4. The van der Waals surface area contributed by atoms with Gasteiger partial charge in [0.05, 0.1) is 12.1 Å². The maximum atomic E-state index is 12.8. The number of nitrogens with zero attached hydrogens (tertiary/aromatic N) is 1. The smallest absolute Gasteiger partial charge is 0.243 e. The van der Waals surface area contributed by atoms with E-state index in [9.17, 15) is 8.42 Å². The molecule has 2 aromatic carbocycles. The molecule has 1 N–H and O–H groups in total. The van der Waals surface area contributed by atoms with Crippen LogP contribution >= 0.6 is 0 Å². The molecule has 0 bridgehead atoms. The molecule has 1 heterocycles. The maximum absolute atomic E-state index is 12.8. The van der Waals surface area contributed by atoms with Gasteiger partial charge in [0.2, 0.25) is 10.0 Å². The second kappa shape index (κ2) is 7.21. The summed E-state index contributed by atoms with van der Waals surface area (Å²) in [6.07, 6.45) is 1.59. The molecular weight excluding hydrogens is 336 g/mol. The molecular formula is C19H20N2O3S. The lowest BCUT2D eigenvalue weighted by atomic mass is 10.1. The fourth-order valence-corrected chi connectivity index (χ4v) is 4.09. The van der Waals surface area contributed by atoms with Crippen molar-refractivity contribution in [2.24, 2.45) is 0 Å². The third-order valence-electron chi connectivity index (χ3n) is 3.91. The summed E-state index contributed by atoms with van der Waals surface area (Å²) in [6.45, 7) is 4.32. The van der Waals surface area contributed by atoms with Gasteiger partial charge in [-0.2, -0.15) is 0 Å². The Morgan fingerprint density at radius 3 is 2.52 bits per heavy atom. The van der Waals surface area contributed by atoms with Gasteiger partial charge in [0.25, 0.3) is 0 Å². The molecule has 0 saturated carbocycles. The van der Waals surface area contributed by atoms with E-state index in [-0.39, 0.29) is 10.9 Å². The van der Waals surface area contributed by atoms with E-state index in [1.807, 2.05) is 50.2 Å². The van der Waals surface area contributed by atoms with Crippen molar-refractivity contribution in [2.75, 3.05) is 6.61 Å². The highest BCUT2D eigenvalue weighted by Gasteiger charge is 2.21. The molecule has 0 fully saturated rings. The summed E-state index contributed by atoms with van der Waals surface area (Å²) in [4.78, 5) is 4.41. The molecule has 1 atom stereocenters. The normalized spacial score (nSPS) is 12.9. The molecule has 6 heteroatoms. The number of hydrogen-bond donors (Lipinski definition) is 1. The van der Waals surface area contributed by atoms with Gasteiger partial charge in [-0.3, -0.25) is 4.98 Å². The number of aromatic nitrogens is 1. The molecule has 1 aromatic heterocycles. The molecule has 0 aliphatic heterocycles. The summed E-state index contributed by atoms with van der Waals surface area (Å²) in [5.74, 6) is 0.763. The standard InChI is InChI=1S/C19H20N2O3S/c1-3-24-17-11-9-15(10-12-17)14(2)21-25(22,23)18-8-4-6-16-7-5-13-20-19(16)18/h4-14,21H,3H2,1-2H3. The number of sulfonamides is 1. The van der Waals surface area contributed by atoms with Crippen LogP contribution in [0.15, 0.2) is 65.7 Å². The van der Waals surface area contributed by atoms with Crippen LogP contribution in [0, 0.1) is 0 Å². The van der Waals surface area contributed by atoms with E-state index in [1.54, 1.807) is 24.4 Å². The first-order valence-electron chi connectivity index (χ1n) is 8.10. The highest BCUT2D eigenvalue weighted by Crippen LogP contribution is 2.24. The van der Waals surface area contributed by atoms with E-state index in [0.29, 0.717) is 12.1 Å². The van der Waals surface area contributed by atoms with E-state index in [0.717, 1.165) is 16.7 Å². The average molecular weight is 356 g/mol. The molecule has 3 aromatic rings. The van der Waals surface area contributed by atoms with Crippen molar-refractivity contribution in [3.63, 3.8) is 0 Å². The van der Waals surface area contributed by atoms with Crippen LogP contribution in [0.1, 0.15) is 25.5 Å². The Balaban J connectivity index is 1.87. The minimum atomic E-state index is -3.70. The third kappa shape index (κ3) is 3.81. The lowest BCUT2D eigenvalue weighted by molar-refractivity contribution is 0.340. The van der Waals surface area contributed by atoms with E-state index in [4.69, 9.17) is 4.74 Å². The largest absolute Gasteiger partial charge is 0.494 e. The minimum Gasteiger partial charge on any atom is -0.494 e. The molecule has 0 spiro atoms. The van der Waals surface area contributed by atoms with Crippen LogP contribution in [0.3, 0.4) is 0 Å². The SMILES string of the molecule is CCOc1ccc(C(C)NS(=O)(=O)c2cccc3cccnc23)cc1. The van der Waals surface area contributed by atoms with Crippen molar-refractivity contribution >= 4 is 20.9 Å². The number of rotatable bonds is 6. The van der Waals surface area contributed by atoms with Crippen LogP contribution in [-0.2, 0) is 10.0 Å². The third-order valence-corrected chi connectivity index (χ3v) is 5.48. The molecule has 1 unspecified atom stereocenters. The quantitative estimate of drug-likeness (QED) is 0.732. The summed E-state index contributed by atoms with van der Waals surface area (Å²) in [5.41, 5.74) is 1.33. The second-order valence-corrected chi connectivity index (χ2v) is 7.36. The van der Waals surface area contributed by atoms with Crippen LogP contribution in [0.5, 0.6) is 5.75 Å². The van der Waals surface area contributed by atoms with Gasteiger partial charge in [0.15, 0.2) is 0 Å². The van der Waals surface area contributed by atoms with Crippen LogP contribution < -0.4 is 9.46 Å². The Hall–Kier alpha value is -2.44. The van der Waals surface area contributed by atoms with Crippen LogP contribution in [0.2, 0.25) is 0 Å². The van der Waals surface area contributed by atoms with Crippen LogP contribution in [-0.4, -0.2) is 20.0 Å². The van der Waals surface area contributed by atoms with E-state index in [1.165, 1.54) is 0 Å². The van der Waals surface area contributed by atoms with E-state index >= 15 is 0 Å². The van der Waals surface area contributed by atoms with Crippen molar-refractivity contribution in [2.45, 2.75) is 24.8 Å². The number of pyridine rings is 1. The maximum Gasteiger partial charge on any atom is 0.243 e. The zero-order valence-electron chi connectivity index (χ0n) is 14.1. The summed E-state index contributed by atoms with van der Waals surface area (Å²) >= 11 is 0. The monoisotopic (exact) mass is 356 g/mol. The number of benzene rings is 2. The van der Waals surface area contributed by atoms with Crippen LogP contribution in [0.25, 0.3) is 10.9 Å². The van der Waals surface area contributed by atoms with Crippen molar-refractivity contribution in [3.8, 4) is 5.75 Å². The lowest BCUT2D eigenvalue weighted by Gasteiger charge is -2.16. The van der Waals surface area contributed by atoms with Crippen molar-refractivity contribution in [1.29, 1.82) is 0 Å². The second-order valence-electron chi connectivity index (χ2n) is 5.68. The van der Waals surface area contributed by atoms with Gasteiger partial charge >= 0.3 is 0 Å². The molecule has 0 saturated heterocycles. The minimum absolute atomic E-state index is 0.184. The van der Waals surface area contributed by atoms with Crippen molar-refractivity contribution < 1.29 is 13.2 Å². The molecule has 0 aliphatic carbocycles. The van der Waals surface area contributed by atoms with Gasteiger partial charge in [0, 0.05) is 17.6 Å². The molecule has 130 valence electrons. The summed E-state index contributed by atoms with van der Waals surface area (Å²) in [7, 11) is -3.70. The number of hydrogen-bond acceptors (Lipinski definition) is 4. The molecule has 25 heavy (non-hydrogen) atoms. The number of para-hydroxylation sites is 1.